The highest BCUT2D eigenvalue weighted by atomic mass is 16.5. The van der Waals surface area contributed by atoms with E-state index in [9.17, 15) is 0 Å². The summed E-state index contributed by atoms with van der Waals surface area (Å²) < 4.78 is 7.72. The molecule has 1 saturated heterocycles. The number of nitrogens with zero attached hydrogens (tertiary/aromatic N) is 2. The minimum absolute atomic E-state index is 0.156. The van der Waals surface area contributed by atoms with E-state index in [0.717, 1.165) is 25.4 Å². The van der Waals surface area contributed by atoms with Crippen molar-refractivity contribution < 1.29 is 4.74 Å². The van der Waals surface area contributed by atoms with Crippen LogP contribution < -0.4 is 5.32 Å². The number of hydrogen-bond acceptors (Lipinski definition) is 3. The van der Waals surface area contributed by atoms with Crippen molar-refractivity contribution in [2.24, 2.45) is 0 Å². The first-order valence-corrected chi connectivity index (χ1v) is 5.31. The van der Waals surface area contributed by atoms with E-state index in [1.807, 2.05) is 0 Å². The van der Waals surface area contributed by atoms with Crippen LogP contribution in [0.5, 0.6) is 0 Å². The molecule has 1 aromatic rings. The predicted octanol–water partition coefficient (Wildman–Crippen LogP) is 0.879. The second-order valence-electron chi connectivity index (χ2n) is 4.02. The standard InChI is InChI=1S/C10H15N3O/c1-2-8(1)13-5-3-9(12-13)10-7-11-4-6-14-10/h3,5,8,10-11H,1-2,4,6-7H2. The van der Waals surface area contributed by atoms with E-state index in [4.69, 9.17) is 4.74 Å². The third-order valence-electron chi connectivity index (χ3n) is 2.81. The summed E-state index contributed by atoms with van der Waals surface area (Å²) in [7, 11) is 0. The van der Waals surface area contributed by atoms with Crippen molar-refractivity contribution in [3.8, 4) is 0 Å². The van der Waals surface area contributed by atoms with Crippen LogP contribution in [-0.2, 0) is 4.74 Å². The van der Waals surface area contributed by atoms with Crippen LogP contribution >= 0.6 is 0 Å². The monoisotopic (exact) mass is 193 g/mol. The Morgan fingerprint density at radius 1 is 1.50 bits per heavy atom. The molecule has 14 heavy (non-hydrogen) atoms. The first-order valence-electron chi connectivity index (χ1n) is 5.31. The lowest BCUT2D eigenvalue weighted by atomic mass is 10.2. The van der Waals surface area contributed by atoms with Gasteiger partial charge in [0.2, 0.25) is 0 Å². The zero-order chi connectivity index (χ0) is 9.38. The van der Waals surface area contributed by atoms with Gasteiger partial charge in [-0.25, -0.2) is 0 Å². The van der Waals surface area contributed by atoms with Crippen LogP contribution in [0, 0.1) is 0 Å². The molecule has 1 atom stereocenters. The third-order valence-corrected chi connectivity index (χ3v) is 2.81. The van der Waals surface area contributed by atoms with Gasteiger partial charge in [-0.15, -0.1) is 0 Å². The average Bonchev–Trinajstić information content (AvgIpc) is 2.98. The highest BCUT2D eigenvalue weighted by Crippen LogP contribution is 2.34. The van der Waals surface area contributed by atoms with E-state index < -0.39 is 0 Å². The van der Waals surface area contributed by atoms with Crippen molar-refractivity contribution in [1.29, 1.82) is 0 Å². The summed E-state index contributed by atoms with van der Waals surface area (Å²) in [6, 6.07) is 2.75. The summed E-state index contributed by atoms with van der Waals surface area (Å²) in [4.78, 5) is 0. The molecule has 2 heterocycles. The molecule has 2 aliphatic rings. The fraction of sp³-hybridized carbons (Fsp3) is 0.700. The molecule has 2 fully saturated rings. The molecular formula is C10H15N3O. The van der Waals surface area contributed by atoms with Gasteiger partial charge in [0.05, 0.1) is 18.3 Å². The van der Waals surface area contributed by atoms with Crippen LogP contribution in [0.4, 0.5) is 0 Å². The third kappa shape index (κ3) is 1.55. The average molecular weight is 193 g/mol. The molecule has 0 bridgehead atoms. The van der Waals surface area contributed by atoms with Gasteiger partial charge < -0.3 is 10.1 Å². The smallest absolute Gasteiger partial charge is 0.114 e. The largest absolute Gasteiger partial charge is 0.369 e. The van der Waals surface area contributed by atoms with Crippen LogP contribution in [0.25, 0.3) is 0 Å². The Morgan fingerprint density at radius 3 is 3.14 bits per heavy atom. The van der Waals surface area contributed by atoms with E-state index in [2.05, 4.69) is 27.4 Å². The normalized spacial score (nSPS) is 27.9. The second kappa shape index (κ2) is 3.37. The van der Waals surface area contributed by atoms with Crippen molar-refractivity contribution in [1.82, 2.24) is 15.1 Å². The molecule has 1 unspecified atom stereocenters. The first kappa shape index (κ1) is 8.44. The molecule has 76 valence electrons. The fourth-order valence-electron chi connectivity index (χ4n) is 1.82. The molecular weight excluding hydrogens is 178 g/mol. The lowest BCUT2D eigenvalue weighted by molar-refractivity contribution is 0.0246. The molecule has 1 aliphatic heterocycles. The second-order valence-corrected chi connectivity index (χ2v) is 4.02. The van der Waals surface area contributed by atoms with Crippen LogP contribution in [0.1, 0.15) is 30.7 Å². The maximum Gasteiger partial charge on any atom is 0.114 e. The minimum Gasteiger partial charge on any atom is -0.369 e. The van der Waals surface area contributed by atoms with Gasteiger partial charge in [-0.2, -0.15) is 5.10 Å². The van der Waals surface area contributed by atoms with E-state index in [0.29, 0.717) is 6.04 Å². The topological polar surface area (TPSA) is 39.1 Å². The number of ether oxygens (including phenoxy) is 1. The molecule has 1 aliphatic carbocycles. The Labute approximate surface area is 83.2 Å². The Kier molecular flexibility index (Phi) is 2.03. The van der Waals surface area contributed by atoms with E-state index in [1.165, 1.54) is 12.8 Å². The summed E-state index contributed by atoms with van der Waals surface area (Å²) in [5.41, 5.74) is 1.07. The zero-order valence-corrected chi connectivity index (χ0v) is 8.15. The summed E-state index contributed by atoms with van der Waals surface area (Å²) in [6.07, 6.45) is 4.80. The van der Waals surface area contributed by atoms with E-state index >= 15 is 0 Å². The number of morpholine rings is 1. The van der Waals surface area contributed by atoms with Gasteiger partial charge in [0, 0.05) is 19.3 Å². The van der Waals surface area contributed by atoms with Gasteiger partial charge in [-0.1, -0.05) is 0 Å². The molecule has 0 radical (unpaired) electrons. The van der Waals surface area contributed by atoms with Crippen molar-refractivity contribution in [2.75, 3.05) is 19.7 Å². The van der Waals surface area contributed by atoms with Gasteiger partial charge in [0.1, 0.15) is 6.10 Å². The number of aromatic nitrogens is 2. The Hall–Kier alpha value is -0.870. The van der Waals surface area contributed by atoms with Crippen molar-refractivity contribution in [2.45, 2.75) is 25.0 Å². The molecule has 4 nitrogen and oxygen atoms in total. The molecule has 3 rings (SSSR count). The maximum absolute atomic E-state index is 5.64. The van der Waals surface area contributed by atoms with Gasteiger partial charge in [0.25, 0.3) is 0 Å². The van der Waals surface area contributed by atoms with Crippen LogP contribution in [0.3, 0.4) is 0 Å². The highest BCUT2D eigenvalue weighted by molar-refractivity contribution is 5.06. The Bertz CT molecular complexity index is 313. The molecule has 1 N–H and O–H groups in total. The van der Waals surface area contributed by atoms with E-state index in [1.54, 1.807) is 0 Å². The number of hydrogen-bond donors (Lipinski definition) is 1. The summed E-state index contributed by atoms with van der Waals surface area (Å²) in [5, 5.41) is 7.86. The molecule has 0 aromatic carbocycles. The van der Waals surface area contributed by atoms with Crippen LogP contribution in [0.15, 0.2) is 12.3 Å². The summed E-state index contributed by atoms with van der Waals surface area (Å²) in [5.74, 6) is 0. The maximum atomic E-state index is 5.64. The molecule has 0 amide bonds. The first-order chi connectivity index (χ1) is 6.93. The van der Waals surface area contributed by atoms with Crippen LogP contribution in [-0.4, -0.2) is 29.5 Å². The molecule has 1 aromatic heterocycles. The van der Waals surface area contributed by atoms with Gasteiger partial charge >= 0.3 is 0 Å². The highest BCUT2D eigenvalue weighted by Gasteiger charge is 2.26. The van der Waals surface area contributed by atoms with E-state index in [-0.39, 0.29) is 6.10 Å². The lowest BCUT2D eigenvalue weighted by Crippen LogP contribution is -2.33. The molecule has 0 spiro atoms. The lowest BCUT2D eigenvalue weighted by Gasteiger charge is -2.21. The fourth-order valence-corrected chi connectivity index (χ4v) is 1.82. The van der Waals surface area contributed by atoms with Gasteiger partial charge in [-0.3, -0.25) is 4.68 Å². The Morgan fingerprint density at radius 2 is 2.43 bits per heavy atom. The van der Waals surface area contributed by atoms with Crippen molar-refractivity contribution >= 4 is 0 Å². The van der Waals surface area contributed by atoms with Gasteiger partial charge in [-0.05, 0) is 18.9 Å². The van der Waals surface area contributed by atoms with Crippen molar-refractivity contribution in [3.05, 3.63) is 18.0 Å². The predicted molar refractivity (Wildman–Crippen MR) is 52.1 cm³/mol. The summed E-state index contributed by atoms with van der Waals surface area (Å²) >= 11 is 0. The van der Waals surface area contributed by atoms with Crippen molar-refractivity contribution in [3.63, 3.8) is 0 Å². The Balaban J connectivity index is 1.74. The summed E-state index contributed by atoms with van der Waals surface area (Å²) in [6.45, 7) is 2.64. The minimum atomic E-state index is 0.156. The number of rotatable bonds is 2. The van der Waals surface area contributed by atoms with Crippen LogP contribution in [0.2, 0.25) is 0 Å². The molecule has 1 saturated carbocycles. The zero-order valence-electron chi connectivity index (χ0n) is 8.15. The van der Waals surface area contributed by atoms with Gasteiger partial charge in [0.15, 0.2) is 0 Å². The SMILES string of the molecule is c1cn(C2CC2)nc1C1CNCCO1. The number of nitrogens with one attached hydrogen (secondary N) is 1. The quantitative estimate of drug-likeness (QED) is 0.757. The molecule has 4 heteroatoms.